The molecule has 5 heteroatoms. The zero-order valence-corrected chi connectivity index (χ0v) is 14.7. The fourth-order valence-electron chi connectivity index (χ4n) is 2.47. The molecule has 120 valence electrons. The molecule has 2 aromatic rings. The van der Waals surface area contributed by atoms with Gasteiger partial charge in [-0.25, -0.2) is 0 Å². The highest BCUT2D eigenvalue weighted by Crippen LogP contribution is 2.14. The number of carbonyl (C=O) groups is 2. The van der Waals surface area contributed by atoms with Gasteiger partial charge in [-0.2, -0.15) is 0 Å². The van der Waals surface area contributed by atoms with Crippen molar-refractivity contribution in [3.8, 4) is 0 Å². The van der Waals surface area contributed by atoms with Crippen molar-refractivity contribution in [2.75, 3.05) is 0 Å². The first-order chi connectivity index (χ1) is 10.8. The highest BCUT2D eigenvalue weighted by molar-refractivity contribution is 9.10. The molecular weight excluding hydrogens is 356 g/mol. The van der Waals surface area contributed by atoms with E-state index in [1.54, 1.807) is 12.1 Å². The summed E-state index contributed by atoms with van der Waals surface area (Å²) in [4.78, 5) is 24.1. The van der Waals surface area contributed by atoms with Crippen LogP contribution in [-0.2, 0) is 11.2 Å². The fourth-order valence-corrected chi connectivity index (χ4v) is 2.92. The minimum Gasteiger partial charge on any atom is -0.368 e. The Morgan fingerprint density at radius 3 is 2.35 bits per heavy atom. The zero-order valence-electron chi connectivity index (χ0n) is 13.1. The molecule has 0 saturated carbocycles. The van der Waals surface area contributed by atoms with Gasteiger partial charge in [0.25, 0.3) is 5.91 Å². The standard InChI is InChI=1S/C18H19BrN2O2/c1-11-6-12(2)8-14(7-11)18(23)21-16(17(20)22)10-13-4-3-5-15(19)9-13/h3-9,16H,10H2,1-2H3,(H2,20,22)(H,21,23)/t16-/m0/s1. The molecule has 0 aliphatic carbocycles. The third kappa shape index (κ3) is 4.93. The van der Waals surface area contributed by atoms with Crippen molar-refractivity contribution in [1.29, 1.82) is 0 Å². The number of rotatable bonds is 5. The smallest absolute Gasteiger partial charge is 0.251 e. The molecule has 0 fully saturated rings. The lowest BCUT2D eigenvalue weighted by molar-refractivity contribution is -0.119. The molecular formula is C18H19BrN2O2. The summed E-state index contributed by atoms with van der Waals surface area (Å²) in [6.07, 6.45) is 0.352. The SMILES string of the molecule is Cc1cc(C)cc(C(=O)N[C@@H](Cc2cccc(Br)c2)C(N)=O)c1. The van der Waals surface area contributed by atoms with Gasteiger partial charge in [0.2, 0.25) is 5.91 Å². The van der Waals surface area contributed by atoms with E-state index in [1.807, 2.05) is 44.2 Å². The van der Waals surface area contributed by atoms with Crippen LogP contribution >= 0.6 is 15.9 Å². The number of hydrogen-bond acceptors (Lipinski definition) is 2. The van der Waals surface area contributed by atoms with Gasteiger partial charge in [0.1, 0.15) is 6.04 Å². The van der Waals surface area contributed by atoms with Crippen LogP contribution in [-0.4, -0.2) is 17.9 Å². The maximum atomic E-state index is 12.4. The van der Waals surface area contributed by atoms with Crippen molar-refractivity contribution in [3.05, 3.63) is 69.2 Å². The van der Waals surface area contributed by atoms with Crippen molar-refractivity contribution >= 4 is 27.7 Å². The normalized spacial score (nSPS) is 11.8. The fraction of sp³-hybridized carbons (Fsp3) is 0.222. The van der Waals surface area contributed by atoms with Crippen LogP contribution in [0.25, 0.3) is 0 Å². The molecule has 0 aromatic heterocycles. The maximum absolute atomic E-state index is 12.4. The molecule has 3 N–H and O–H groups in total. The molecule has 2 rings (SSSR count). The van der Waals surface area contributed by atoms with Crippen LogP contribution in [0.4, 0.5) is 0 Å². The van der Waals surface area contributed by atoms with Crippen LogP contribution in [0.15, 0.2) is 46.9 Å². The molecule has 0 spiro atoms. The van der Waals surface area contributed by atoms with Gasteiger partial charge in [0.05, 0.1) is 0 Å². The number of nitrogens with one attached hydrogen (secondary N) is 1. The Morgan fingerprint density at radius 2 is 1.78 bits per heavy atom. The van der Waals surface area contributed by atoms with Gasteiger partial charge >= 0.3 is 0 Å². The zero-order chi connectivity index (χ0) is 17.0. The molecule has 0 aliphatic heterocycles. The highest BCUT2D eigenvalue weighted by atomic mass is 79.9. The van der Waals surface area contributed by atoms with Crippen LogP contribution in [0.1, 0.15) is 27.0 Å². The van der Waals surface area contributed by atoms with E-state index < -0.39 is 11.9 Å². The summed E-state index contributed by atoms with van der Waals surface area (Å²) in [7, 11) is 0. The molecule has 4 nitrogen and oxygen atoms in total. The molecule has 0 aliphatic rings. The number of carbonyl (C=O) groups excluding carboxylic acids is 2. The summed E-state index contributed by atoms with van der Waals surface area (Å²) in [5, 5.41) is 2.73. The van der Waals surface area contributed by atoms with Crippen molar-refractivity contribution in [1.82, 2.24) is 5.32 Å². The summed E-state index contributed by atoms with van der Waals surface area (Å²) < 4.78 is 0.916. The van der Waals surface area contributed by atoms with Gasteiger partial charge in [-0.3, -0.25) is 9.59 Å². The summed E-state index contributed by atoms with van der Waals surface area (Å²) in [5.41, 5.74) is 8.89. The number of primary amides is 1. The summed E-state index contributed by atoms with van der Waals surface area (Å²) in [5.74, 6) is -0.849. The van der Waals surface area contributed by atoms with Gasteiger partial charge in [-0.15, -0.1) is 0 Å². The van der Waals surface area contributed by atoms with E-state index in [9.17, 15) is 9.59 Å². The second-order valence-corrected chi connectivity index (χ2v) is 6.55. The summed E-state index contributed by atoms with van der Waals surface area (Å²) in [6.45, 7) is 3.85. The monoisotopic (exact) mass is 374 g/mol. The van der Waals surface area contributed by atoms with Gasteiger partial charge in [0.15, 0.2) is 0 Å². The molecule has 23 heavy (non-hydrogen) atoms. The van der Waals surface area contributed by atoms with Crippen LogP contribution < -0.4 is 11.1 Å². The first-order valence-electron chi connectivity index (χ1n) is 7.28. The first kappa shape index (κ1) is 17.2. The number of amides is 2. The topological polar surface area (TPSA) is 72.2 Å². The van der Waals surface area contributed by atoms with Gasteiger partial charge in [-0.05, 0) is 43.7 Å². The number of halogens is 1. The van der Waals surface area contributed by atoms with E-state index in [0.29, 0.717) is 12.0 Å². The highest BCUT2D eigenvalue weighted by Gasteiger charge is 2.19. The minimum absolute atomic E-state index is 0.296. The third-order valence-corrected chi connectivity index (χ3v) is 3.95. The Balaban J connectivity index is 2.15. The van der Waals surface area contributed by atoms with E-state index in [0.717, 1.165) is 21.2 Å². The van der Waals surface area contributed by atoms with Crippen molar-refractivity contribution < 1.29 is 9.59 Å². The number of hydrogen-bond donors (Lipinski definition) is 2. The molecule has 0 bridgehead atoms. The predicted molar refractivity (Wildman–Crippen MR) is 94.2 cm³/mol. The van der Waals surface area contributed by atoms with Gasteiger partial charge in [-0.1, -0.05) is 45.3 Å². The average molecular weight is 375 g/mol. The van der Waals surface area contributed by atoms with Gasteiger partial charge in [0, 0.05) is 16.5 Å². The second kappa shape index (κ2) is 7.42. The number of nitrogens with two attached hydrogens (primary N) is 1. The van der Waals surface area contributed by atoms with E-state index in [2.05, 4.69) is 21.2 Å². The Kier molecular flexibility index (Phi) is 5.55. The minimum atomic E-state index is -0.752. The van der Waals surface area contributed by atoms with E-state index in [4.69, 9.17) is 5.73 Å². The molecule has 1 atom stereocenters. The van der Waals surface area contributed by atoms with Crippen LogP contribution in [0, 0.1) is 13.8 Å². The van der Waals surface area contributed by atoms with Crippen LogP contribution in [0.2, 0.25) is 0 Å². The average Bonchev–Trinajstić information content (AvgIpc) is 2.45. The van der Waals surface area contributed by atoms with E-state index in [1.165, 1.54) is 0 Å². The molecule has 2 aromatic carbocycles. The molecule has 0 heterocycles. The Morgan fingerprint density at radius 1 is 1.13 bits per heavy atom. The molecule has 0 saturated heterocycles. The van der Waals surface area contributed by atoms with Gasteiger partial charge < -0.3 is 11.1 Å². The molecule has 0 radical (unpaired) electrons. The van der Waals surface area contributed by atoms with Crippen LogP contribution in [0.5, 0.6) is 0 Å². The molecule has 0 unspecified atom stereocenters. The summed E-state index contributed by atoms with van der Waals surface area (Å²) >= 11 is 3.39. The number of benzene rings is 2. The van der Waals surface area contributed by atoms with Crippen molar-refractivity contribution in [2.24, 2.45) is 5.73 Å². The second-order valence-electron chi connectivity index (χ2n) is 5.64. The predicted octanol–water partition coefficient (Wildman–Crippen LogP) is 2.89. The van der Waals surface area contributed by atoms with Crippen LogP contribution in [0.3, 0.4) is 0 Å². The Hall–Kier alpha value is -2.14. The van der Waals surface area contributed by atoms with Crippen molar-refractivity contribution in [2.45, 2.75) is 26.3 Å². The molecule has 2 amide bonds. The Labute approximate surface area is 144 Å². The Bertz CT molecular complexity index is 723. The quantitative estimate of drug-likeness (QED) is 0.844. The van der Waals surface area contributed by atoms with E-state index >= 15 is 0 Å². The lowest BCUT2D eigenvalue weighted by Crippen LogP contribution is -2.45. The third-order valence-electron chi connectivity index (χ3n) is 3.46. The number of aryl methyl sites for hydroxylation is 2. The lowest BCUT2D eigenvalue weighted by Gasteiger charge is -2.16. The van der Waals surface area contributed by atoms with E-state index in [-0.39, 0.29) is 5.91 Å². The lowest BCUT2D eigenvalue weighted by atomic mass is 10.0. The maximum Gasteiger partial charge on any atom is 0.251 e. The van der Waals surface area contributed by atoms with Crippen molar-refractivity contribution in [3.63, 3.8) is 0 Å². The first-order valence-corrected chi connectivity index (χ1v) is 8.07. The largest absolute Gasteiger partial charge is 0.368 e. The summed E-state index contributed by atoms with van der Waals surface area (Å²) in [6, 6.07) is 12.4.